The molecule has 8 nitrogen and oxygen atoms in total. The highest BCUT2D eigenvalue weighted by Gasteiger charge is 2.32. The van der Waals surface area contributed by atoms with Crippen molar-refractivity contribution in [2.45, 2.75) is 6.42 Å². The molecule has 2 aromatic rings. The van der Waals surface area contributed by atoms with Crippen molar-refractivity contribution in [3.05, 3.63) is 6.33 Å². The normalized spacial score (nSPS) is 20.4. The highest BCUT2D eigenvalue weighted by atomic mass is 16.2. The molecule has 3 heterocycles. The maximum absolute atomic E-state index is 11.9. The molecule has 1 saturated heterocycles. The predicted octanol–water partition coefficient (Wildman–Crippen LogP) is -0.941. The number of H-pyrrole nitrogens is 1. The van der Waals surface area contributed by atoms with Crippen molar-refractivity contribution in [3.8, 4) is 0 Å². The zero-order valence-electron chi connectivity index (χ0n) is 9.00. The molecule has 8 heteroatoms. The summed E-state index contributed by atoms with van der Waals surface area (Å²) in [6.07, 6.45) is 1.84. The highest BCUT2D eigenvalue weighted by Crippen LogP contribution is 2.26. The van der Waals surface area contributed by atoms with Gasteiger partial charge < -0.3 is 5.73 Å². The van der Waals surface area contributed by atoms with Gasteiger partial charge in [0.15, 0.2) is 11.3 Å². The summed E-state index contributed by atoms with van der Waals surface area (Å²) in [7, 11) is 0. The minimum atomic E-state index is 0.0171. The Morgan fingerprint density at radius 3 is 3.12 bits per heavy atom. The van der Waals surface area contributed by atoms with Crippen LogP contribution in [0.5, 0.6) is 0 Å². The van der Waals surface area contributed by atoms with Crippen LogP contribution in [0, 0.1) is 5.92 Å². The third-order valence-corrected chi connectivity index (χ3v) is 2.90. The number of hydrogen-bond donors (Lipinski definition) is 2. The fraction of sp³-hybridized carbons (Fsp3) is 0.444. The molecule has 1 fully saturated rings. The summed E-state index contributed by atoms with van der Waals surface area (Å²) in [5, 5.41) is 10.3. The van der Waals surface area contributed by atoms with Crippen LogP contribution in [0.25, 0.3) is 11.2 Å². The lowest BCUT2D eigenvalue weighted by molar-refractivity contribution is -0.117. The molecule has 3 rings (SSSR count). The van der Waals surface area contributed by atoms with Crippen LogP contribution < -0.4 is 10.6 Å². The van der Waals surface area contributed by atoms with Gasteiger partial charge in [-0.2, -0.15) is 10.3 Å². The second kappa shape index (κ2) is 3.74. The van der Waals surface area contributed by atoms with Crippen LogP contribution in [-0.4, -0.2) is 44.4 Å². The topological polar surface area (TPSA) is 114 Å². The lowest BCUT2D eigenvalue weighted by Crippen LogP contribution is -2.27. The Balaban J connectivity index is 2.04. The van der Waals surface area contributed by atoms with E-state index in [9.17, 15) is 4.79 Å². The molecule has 1 amide bonds. The Bertz CT molecular complexity index is 565. The molecule has 3 N–H and O–H groups in total. The molecular formula is C9H11N7O. The van der Waals surface area contributed by atoms with Gasteiger partial charge in [-0.3, -0.25) is 9.69 Å². The number of aromatic amines is 1. The Morgan fingerprint density at radius 2 is 2.35 bits per heavy atom. The van der Waals surface area contributed by atoms with E-state index in [2.05, 4.69) is 25.4 Å². The third-order valence-electron chi connectivity index (χ3n) is 2.90. The van der Waals surface area contributed by atoms with Crippen molar-refractivity contribution < 1.29 is 4.79 Å². The quantitative estimate of drug-likeness (QED) is 0.692. The Labute approximate surface area is 96.2 Å². The lowest BCUT2D eigenvalue weighted by atomic mass is 10.1. The summed E-state index contributed by atoms with van der Waals surface area (Å²) in [5.74, 6) is 0.701. The first-order chi connectivity index (χ1) is 8.29. The van der Waals surface area contributed by atoms with Gasteiger partial charge in [0.05, 0.1) is 0 Å². The number of amides is 1. The maximum Gasteiger partial charge on any atom is 0.228 e. The fourth-order valence-electron chi connectivity index (χ4n) is 2.01. The monoisotopic (exact) mass is 233 g/mol. The van der Waals surface area contributed by atoms with Gasteiger partial charge in [-0.1, -0.05) is 0 Å². The van der Waals surface area contributed by atoms with Crippen molar-refractivity contribution in [3.63, 3.8) is 0 Å². The Morgan fingerprint density at radius 1 is 1.47 bits per heavy atom. The molecule has 88 valence electrons. The molecular weight excluding hydrogens is 222 g/mol. The van der Waals surface area contributed by atoms with Crippen LogP contribution in [0.15, 0.2) is 6.33 Å². The molecule has 0 bridgehead atoms. The van der Waals surface area contributed by atoms with Gasteiger partial charge in [-0.25, -0.2) is 9.97 Å². The number of anilines is 1. The molecule has 1 unspecified atom stereocenters. The van der Waals surface area contributed by atoms with Crippen molar-refractivity contribution >= 4 is 22.9 Å². The van der Waals surface area contributed by atoms with Gasteiger partial charge in [-0.05, 0) is 12.5 Å². The zero-order chi connectivity index (χ0) is 11.8. The minimum absolute atomic E-state index is 0.0171. The van der Waals surface area contributed by atoms with E-state index in [1.54, 1.807) is 4.90 Å². The highest BCUT2D eigenvalue weighted by molar-refractivity contribution is 6.00. The van der Waals surface area contributed by atoms with Crippen LogP contribution in [0.1, 0.15) is 6.42 Å². The summed E-state index contributed by atoms with van der Waals surface area (Å²) < 4.78 is 0. The molecule has 1 atom stereocenters. The zero-order valence-corrected chi connectivity index (χ0v) is 9.00. The summed E-state index contributed by atoms with van der Waals surface area (Å²) in [6.45, 7) is 1.07. The number of carbonyl (C=O) groups is 1. The maximum atomic E-state index is 11.9. The standard InChI is InChI=1S/C9H11N7O/c10-2-5-1-6(17)16(3-5)9-7-8(11-4-12-9)14-15-13-7/h4-5H,1-3,10H2,(H,11,12,13,14,15). The molecule has 1 aliphatic rings. The first-order valence-corrected chi connectivity index (χ1v) is 5.31. The van der Waals surface area contributed by atoms with Crippen molar-refractivity contribution in [2.24, 2.45) is 11.7 Å². The van der Waals surface area contributed by atoms with Crippen LogP contribution >= 0.6 is 0 Å². The van der Waals surface area contributed by atoms with E-state index in [0.717, 1.165) is 0 Å². The smallest absolute Gasteiger partial charge is 0.228 e. The van der Waals surface area contributed by atoms with Gasteiger partial charge in [0.1, 0.15) is 6.33 Å². The second-order valence-electron chi connectivity index (χ2n) is 4.00. The SMILES string of the molecule is NCC1CC(=O)N(c2ncnc3n[nH]nc23)C1. The summed E-state index contributed by atoms with van der Waals surface area (Å²) in [5.41, 5.74) is 6.55. The molecule has 2 aromatic heterocycles. The van der Waals surface area contributed by atoms with Gasteiger partial charge in [-0.15, -0.1) is 5.10 Å². The van der Waals surface area contributed by atoms with E-state index in [0.29, 0.717) is 36.5 Å². The number of nitrogens with zero attached hydrogens (tertiary/aromatic N) is 5. The second-order valence-corrected chi connectivity index (χ2v) is 4.00. The molecule has 0 aliphatic carbocycles. The fourth-order valence-corrected chi connectivity index (χ4v) is 2.01. The van der Waals surface area contributed by atoms with Crippen molar-refractivity contribution in [2.75, 3.05) is 18.0 Å². The minimum Gasteiger partial charge on any atom is -0.330 e. The van der Waals surface area contributed by atoms with Crippen molar-refractivity contribution in [1.29, 1.82) is 0 Å². The summed E-state index contributed by atoms with van der Waals surface area (Å²) in [6, 6.07) is 0. The number of fused-ring (bicyclic) bond motifs is 1. The molecule has 0 saturated carbocycles. The molecule has 0 radical (unpaired) electrons. The molecule has 17 heavy (non-hydrogen) atoms. The van der Waals surface area contributed by atoms with Crippen LogP contribution in [-0.2, 0) is 4.79 Å². The van der Waals surface area contributed by atoms with Crippen LogP contribution in [0.3, 0.4) is 0 Å². The van der Waals surface area contributed by atoms with Crippen LogP contribution in [0.4, 0.5) is 5.82 Å². The average molecular weight is 233 g/mol. The number of hydrogen-bond acceptors (Lipinski definition) is 6. The summed E-state index contributed by atoms with van der Waals surface area (Å²) in [4.78, 5) is 21.5. The summed E-state index contributed by atoms with van der Waals surface area (Å²) >= 11 is 0. The molecule has 0 spiro atoms. The van der Waals surface area contributed by atoms with E-state index in [4.69, 9.17) is 5.73 Å². The van der Waals surface area contributed by atoms with E-state index in [1.807, 2.05) is 0 Å². The average Bonchev–Trinajstić information content (AvgIpc) is 2.94. The number of aromatic nitrogens is 5. The van der Waals surface area contributed by atoms with Gasteiger partial charge in [0.25, 0.3) is 0 Å². The number of rotatable bonds is 2. The van der Waals surface area contributed by atoms with Gasteiger partial charge >= 0.3 is 0 Å². The number of carbonyl (C=O) groups excluding carboxylic acids is 1. The van der Waals surface area contributed by atoms with Gasteiger partial charge in [0.2, 0.25) is 11.6 Å². The number of nitrogens with one attached hydrogen (secondary N) is 1. The Kier molecular flexibility index (Phi) is 2.22. The van der Waals surface area contributed by atoms with Gasteiger partial charge in [0, 0.05) is 13.0 Å². The van der Waals surface area contributed by atoms with E-state index in [-0.39, 0.29) is 11.8 Å². The predicted molar refractivity (Wildman–Crippen MR) is 59.0 cm³/mol. The molecule has 1 aliphatic heterocycles. The number of nitrogens with two attached hydrogens (primary N) is 1. The first-order valence-electron chi connectivity index (χ1n) is 5.31. The first kappa shape index (κ1) is 10.1. The van der Waals surface area contributed by atoms with Crippen LogP contribution in [0.2, 0.25) is 0 Å². The van der Waals surface area contributed by atoms with E-state index in [1.165, 1.54) is 6.33 Å². The Hall–Kier alpha value is -2.09. The van der Waals surface area contributed by atoms with E-state index < -0.39 is 0 Å². The lowest BCUT2D eigenvalue weighted by Gasteiger charge is -2.14. The molecule has 0 aromatic carbocycles. The third kappa shape index (κ3) is 1.53. The van der Waals surface area contributed by atoms with E-state index >= 15 is 0 Å². The largest absolute Gasteiger partial charge is 0.330 e. The van der Waals surface area contributed by atoms with Crippen molar-refractivity contribution in [1.82, 2.24) is 25.4 Å².